The third kappa shape index (κ3) is 2.01. The second-order valence-corrected chi connectivity index (χ2v) is 6.59. The van der Waals surface area contributed by atoms with Crippen molar-refractivity contribution < 1.29 is 0 Å². The first-order valence-electron chi connectivity index (χ1n) is 7.28. The molecule has 1 aliphatic rings. The molecule has 0 aliphatic heterocycles. The minimum atomic E-state index is 0.441. The maximum absolute atomic E-state index is 6.11. The van der Waals surface area contributed by atoms with E-state index in [9.17, 15) is 0 Å². The van der Waals surface area contributed by atoms with Gasteiger partial charge in [0.05, 0.1) is 16.3 Å². The van der Waals surface area contributed by atoms with Gasteiger partial charge in [0.1, 0.15) is 17.8 Å². The van der Waals surface area contributed by atoms with Crippen LogP contribution in [0.3, 0.4) is 0 Å². The van der Waals surface area contributed by atoms with Gasteiger partial charge in [-0.1, -0.05) is 12.8 Å². The van der Waals surface area contributed by atoms with Crippen LogP contribution in [0.4, 0.5) is 5.82 Å². The SMILES string of the molecule is Cc1csc(-c2nn(C3CCCC3)c3ncnc(N)c23)c1. The van der Waals surface area contributed by atoms with E-state index in [0.717, 1.165) is 21.6 Å². The summed E-state index contributed by atoms with van der Waals surface area (Å²) in [5.74, 6) is 0.519. The molecule has 1 aliphatic carbocycles. The van der Waals surface area contributed by atoms with Crippen LogP contribution in [0.5, 0.6) is 0 Å². The van der Waals surface area contributed by atoms with Gasteiger partial charge in [-0.3, -0.25) is 0 Å². The van der Waals surface area contributed by atoms with E-state index in [0.29, 0.717) is 11.9 Å². The molecule has 1 saturated carbocycles. The number of aryl methyl sites for hydroxylation is 1. The molecule has 0 atom stereocenters. The van der Waals surface area contributed by atoms with E-state index >= 15 is 0 Å². The van der Waals surface area contributed by atoms with Crippen LogP contribution in [0.1, 0.15) is 37.3 Å². The highest BCUT2D eigenvalue weighted by Gasteiger charge is 2.24. The molecule has 0 bridgehead atoms. The zero-order valence-electron chi connectivity index (χ0n) is 11.9. The van der Waals surface area contributed by atoms with E-state index in [2.05, 4.69) is 33.0 Å². The summed E-state index contributed by atoms with van der Waals surface area (Å²) in [6, 6.07) is 2.59. The van der Waals surface area contributed by atoms with Crippen molar-refractivity contribution in [2.45, 2.75) is 38.6 Å². The minimum Gasteiger partial charge on any atom is -0.383 e. The lowest BCUT2D eigenvalue weighted by atomic mass is 10.2. The molecule has 108 valence electrons. The first-order chi connectivity index (χ1) is 10.2. The van der Waals surface area contributed by atoms with Crippen molar-refractivity contribution in [2.24, 2.45) is 0 Å². The summed E-state index contributed by atoms with van der Waals surface area (Å²) in [6.07, 6.45) is 6.40. The Bertz CT molecular complexity index is 798. The molecular weight excluding hydrogens is 282 g/mol. The molecule has 2 N–H and O–H groups in total. The topological polar surface area (TPSA) is 69.6 Å². The zero-order valence-corrected chi connectivity index (χ0v) is 12.7. The molecule has 0 amide bonds. The van der Waals surface area contributed by atoms with Gasteiger partial charge >= 0.3 is 0 Å². The average molecular weight is 299 g/mol. The lowest BCUT2D eigenvalue weighted by Crippen LogP contribution is -2.07. The molecule has 3 aromatic heterocycles. The number of fused-ring (bicyclic) bond motifs is 1. The van der Waals surface area contributed by atoms with Gasteiger partial charge in [0.2, 0.25) is 0 Å². The Kier molecular flexibility index (Phi) is 2.92. The van der Waals surface area contributed by atoms with Gasteiger partial charge in [-0.15, -0.1) is 11.3 Å². The van der Waals surface area contributed by atoms with Crippen LogP contribution in [0.25, 0.3) is 21.6 Å². The third-order valence-electron chi connectivity index (χ3n) is 4.15. The van der Waals surface area contributed by atoms with Gasteiger partial charge in [-0.05, 0) is 36.8 Å². The highest BCUT2D eigenvalue weighted by atomic mass is 32.1. The van der Waals surface area contributed by atoms with E-state index in [1.807, 2.05) is 0 Å². The molecule has 1 fully saturated rings. The molecule has 5 nitrogen and oxygen atoms in total. The quantitative estimate of drug-likeness (QED) is 0.785. The summed E-state index contributed by atoms with van der Waals surface area (Å²) in [7, 11) is 0. The van der Waals surface area contributed by atoms with Gasteiger partial charge in [0.25, 0.3) is 0 Å². The first-order valence-corrected chi connectivity index (χ1v) is 8.16. The number of nitrogen functional groups attached to an aromatic ring is 1. The maximum atomic E-state index is 6.11. The molecule has 4 rings (SSSR count). The summed E-state index contributed by atoms with van der Waals surface area (Å²) >= 11 is 1.70. The predicted octanol–water partition coefficient (Wildman–Crippen LogP) is 3.56. The number of thiophene rings is 1. The molecule has 21 heavy (non-hydrogen) atoms. The molecule has 0 unspecified atom stereocenters. The van der Waals surface area contributed by atoms with Crippen molar-refractivity contribution >= 4 is 28.2 Å². The lowest BCUT2D eigenvalue weighted by Gasteiger charge is -2.09. The summed E-state index contributed by atoms with van der Waals surface area (Å²) < 4.78 is 2.07. The Morgan fingerprint density at radius 2 is 2.10 bits per heavy atom. The van der Waals surface area contributed by atoms with Crippen LogP contribution < -0.4 is 5.73 Å². The normalized spacial score (nSPS) is 16.0. The van der Waals surface area contributed by atoms with E-state index in [-0.39, 0.29) is 0 Å². The zero-order chi connectivity index (χ0) is 14.4. The molecule has 0 radical (unpaired) electrons. The second-order valence-electron chi connectivity index (χ2n) is 5.68. The van der Waals surface area contributed by atoms with Crippen LogP contribution >= 0.6 is 11.3 Å². The van der Waals surface area contributed by atoms with Crippen LogP contribution in [0, 0.1) is 6.92 Å². The Balaban J connectivity index is 1.97. The molecular formula is C15H17N5S. The van der Waals surface area contributed by atoms with Crippen molar-refractivity contribution in [3.63, 3.8) is 0 Å². The van der Waals surface area contributed by atoms with E-state index in [1.165, 1.54) is 37.6 Å². The van der Waals surface area contributed by atoms with Gasteiger partial charge < -0.3 is 5.73 Å². The monoisotopic (exact) mass is 299 g/mol. The third-order valence-corrected chi connectivity index (χ3v) is 5.21. The van der Waals surface area contributed by atoms with Crippen LogP contribution in [-0.4, -0.2) is 19.7 Å². The molecule has 3 aromatic rings. The fourth-order valence-electron chi connectivity index (χ4n) is 3.13. The molecule has 6 heteroatoms. The van der Waals surface area contributed by atoms with Crippen molar-refractivity contribution in [1.82, 2.24) is 19.7 Å². The fourth-order valence-corrected chi connectivity index (χ4v) is 4.02. The van der Waals surface area contributed by atoms with Gasteiger partial charge in [-0.25, -0.2) is 14.6 Å². The van der Waals surface area contributed by atoms with Crippen LogP contribution in [0.15, 0.2) is 17.8 Å². The van der Waals surface area contributed by atoms with Crippen molar-refractivity contribution in [3.05, 3.63) is 23.3 Å². The summed E-state index contributed by atoms with van der Waals surface area (Å²) in [6.45, 7) is 2.09. The number of aromatic nitrogens is 4. The smallest absolute Gasteiger partial charge is 0.164 e. The van der Waals surface area contributed by atoms with Crippen LogP contribution in [0.2, 0.25) is 0 Å². The maximum Gasteiger partial charge on any atom is 0.164 e. The Morgan fingerprint density at radius 1 is 1.29 bits per heavy atom. The Hall–Kier alpha value is -1.95. The number of anilines is 1. The first kappa shape index (κ1) is 12.8. The largest absolute Gasteiger partial charge is 0.383 e. The van der Waals surface area contributed by atoms with Crippen LogP contribution in [-0.2, 0) is 0 Å². The number of hydrogen-bond donors (Lipinski definition) is 1. The number of hydrogen-bond acceptors (Lipinski definition) is 5. The van der Waals surface area contributed by atoms with E-state index in [4.69, 9.17) is 10.8 Å². The van der Waals surface area contributed by atoms with Crippen molar-refractivity contribution in [3.8, 4) is 10.6 Å². The van der Waals surface area contributed by atoms with E-state index in [1.54, 1.807) is 11.3 Å². The van der Waals surface area contributed by atoms with Gasteiger partial charge in [-0.2, -0.15) is 5.10 Å². The summed E-state index contributed by atoms with van der Waals surface area (Å²) in [4.78, 5) is 9.75. The summed E-state index contributed by atoms with van der Waals surface area (Å²) in [5, 5.41) is 7.89. The fraction of sp³-hybridized carbons (Fsp3) is 0.400. The molecule has 0 saturated heterocycles. The summed E-state index contributed by atoms with van der Waals surface area (Å²) in [5.41, 5.74) is 9.15. The Labute approximate surface area is 126 Å². The van der Waals surface area contributed by atoms with Gasteiger partial charge in [0.15, 0.2) is 5.65 Å². The Morgan fingerprint density at radius 3 is 2.81 bits per heavy atom. The number of nitrogens with two attached hydrogens (primary N) is 1. The minimum absolute atomic E-state index is 0.441. The van der Waals surface area contributed by atoms with E-state index < -0.39 is 0 Å². The molecule has 0 spiro atoms. The average Bonchev–Trinajstić information content (AvgIpc) is 3.16. The van der Waals surface area contributed by atoms with Gasteiger partial charge in [0, 0.05) is 0 Å². The van der Waals surface area contributed by atoms with Crippen molar-refractivity contribution in [1.29, 1.82) is 0 Å². The highest BCUT2D eigenvalue weighted by molar-refractivity contribution is 7.13. The lowest BCUT2D eigenvalue weighted by molar-refractivity contribution is 0.480. The molecule has 3 heterocycles. The number of nitrogens with zero attached hydrogens (tertiary/aromatic N) is 4. The second kappa shape index (κ2) is 4.80. The number of rotatable bonds is 2. The predicted molar refractivity (Wildman–Crippen MR) is 85.3 cm³/mol. The standard InChI is InChI=1S/C15H17N5S/c1-9-6-11(21-7-9)13-12-14(16)17-8-18-15(12)20(19-13)10-4-2-3-5-10/h6-8,10H,2-5H2,1H3,(H2,16,17,18). The van der Waals surface area contributed by atoms with Crippen molar-refractivity contribution in [2.75, 3.05) is 5.73 Å². The highest BCUT2D eigenvalue weighted by Crippen LogP contribution is 2.38. The molecule has 0 aromatic carbocycles.